The van der Waals surface area contributed by atoms with Crippen molar-refractivity contribution in [2.45, 2.75) is 30.8 Å². The molecule has 1 aliphatic rings. The van der Waals surface area contributed by atoms with Crippen molar-refractivity contribution in [3.05, 3.63) is 29.6 Å². The van der Waals surface area contributed by atoms with Crippen LogP contribution in [0.3, 0.4) is 0 Å². The highest BCUT2D eigenvalue weighted by atomic mass is 32.2. The summed E-state index contributed by atoms with van der Waals surface area (Å²) in [5, 5.41) is 9.22. The first kappa shape index (κ1) is 14.3. The molecule has 0 saturated heterocycles. The topological polar surface area (TPSA) is 46.5 Å². The number of methoxy groups -OCH3 is 1. The van der Waals surface area contributed by atoms with E-state index in [1.165, 1.54) is 24.9 Å². The van der Waals surface area contributed by atoms with E-state index in [0.29, 0.717) is 22.6 Å². The summed E-state index contributed by atoms with van der Waals surface area (Å²) in [4.78, 5) is 11.8. The van der Waals surface area contributed by atoms with Gasteiger partial charge >= 0.3 is 5.97 Å². The van der Waals surface area contributed by atoms with E-state index < -0.39 is 0 Å². The van der Waals surface area contributed by atoms with Crippen molar-refractivity contribution in [1.29, 1.82) is 0 Å². The summed E-state index contributed by atoms with van der Waals surface area (Å²) >= 11 is 1.38. The summed E-state index contributed by atoms with van der Waals surface area (Å²) in [6.45, 7) is -0.176. The number of hydrogen-bond acceptors (Lipinski definition) is 4. The highest BCUT2D eigenvalue weighted by molar-refractivity contribution is 7.99. The van der Waals surface area contributed by atoms with Crippen molar-refractivity contribution in [2.24, 2.45) is 5.41 Å². The van der Waals surface area contributed by atoms with Gasteiger partial charge in [-0.25, -0.2) is 4.39 Å². The van der Waals surface area contributed by atoms with Gasteiger partial charge in [-0.2, -0.15) is 0 Å². The van der Waals surface area contributed by atoms with Gasteiger partial charge < -0.3 is 9.84 Å². The van der Waals surface area contributed by atoms with Gasteiger partial charge in [0.1, 0.15) is 5.82 Å². The molecule has 1 saturated carbocycles. The Hall–Kier alpha value is -1.07. The van der Waals surface area contributed by atoms with E-state index in [2.05, 4.69) is 4.74 Å². The molecule has 5 heteroatoms. The molecule has 1 aromatic carbocycles. The molecule has 0 radical (unpaired) electrons. The van der Waals surface area contributed by atoms with Crippen LogP contribution in [0.25, 0.3) is 0 Å². The molecular weight excluding hydrogens is 267 g/mol. The van der Waals surface area contributed by atoms with Gasteiger partial charge in [0.15, 0.2) is 0 Å². The Balaban J connectivity index is 2.01. The van der Waals surface area contributed by atoms with Gasteiger partial charge in [-0.15, -0.1) is 11.8 Å². The Morgan fingerprint density at radius 2 is 2.26 bits per heavy atom. The predicted molar refractivity (Wildman–Crippen MR) is 71.3 cm³/mol. The molecule has 0 atom stereocenters. The third kappa shape index (κ3) is 3.48. The van der Waals surface area contributed by atoms with Crippen LogP contribution >= 0.6 is 11.8 Å². The van der Waals surface area contributed by atoms with E-state index in [1.807, 2.05) is 0 Å². The highest BCUT2D eigenvalue weighted by Gasteiger charge is 2.44. The molecule has 0 aliphatic heterocycles. The smallest absolute Gasteiger partial charge is 0.306 e. The van der Waals surface area contributed by atoms with E-state index >= 15 is 0 Å². The van der Waals surface area contributed by atoms with E-state index in [4.69, 9.17) is 0 Å². The lowest BCUT2D eigenvalue weighted by molar-refractivity contribution is -0.141. The van der Waals surface area contributed by atoms with Crippen molar-refractivity contribution in [3.8, 4) is 0 Å². The van der Waals surface area contributed by atoms with Crippen LogP contribution in [0, 0.1) is 11.2 Å². The quantitative estimate of drug-likeness (QED) is 0.644. The fourth-order valence-electron chi connectivity index (χ4n) is 1.99. The second-order valence-electron chi connectivity index (χ2n) is 4.93. The maximum Gasteiger partial charge on any atom is 0.306 e. The SMILES string of the molecule is COC(=O)CC1(CSc2c(F)cccc2CO)CC1. The minimum Gasteiger partial charge on any atom is -0.469 e. The van der Waals surface area contributed by atoms with Crippen molar-refractivity contribution in [2.75, 3.05) is 12.9 Å². The van der Waals surface area contributed by atoms with Gasteiger partial charge in [-0.1, -0.05) is 12.1 Å². The lowest BCUT2D eigenvalue weighted by Gasteiger charge is -2.14. The Kier molecular flexibility index (Phi) is 4.47. The summed E-state index contributed by atoms with van der Waals surface area (Å²) in [5.74, 6) is 0.148. The second kappa shape index (κ2) is 5.92. The number of carbonyl (C=O) groups is 1. The Bertz CT molecular complexity index is 472. The Morgan fingerprint density at radius 3 is 2.84 bits per heavy atom. The number of ether oxygens (including phenoxy) is 1. The first-order chi connectivity index (χ1) is 9.10. The average molecular weight is 284 g/mol. The van der Waals surface area contributed by atoms with Crippen LogP contribution in [-0.4, -0.2) is 23.9 Å². The number of aliphatic hydroxyl groups excluding tert-OH is 1. The third-order valence-corrected chi connectivity index (χ3v) is 4.95. The monoisotopic (exact) mass is 284 g/mol. The summed E-state index contributed by atoms with van der Waals surface area (Å²) in [6, 6.07) is 4.69. The zero-order chi connectivity index (χ0) is 13.9. The fraction of sp³-hybridized carbons (Fsp3) is 0.500. The van der Waals surface area contributed by atoms with Gasteiger partial charge in [0.2, 0.25) is 0 Å². The summed E-state index contributed by atoms with van der Waals surface area (Å²) in [6.07, 6.45) is 2.33. The zero-order valence-electron chi connectivity index (χ0n) is 10.8. The van der Waals surface area contributed by atoms with Crippen molar-refractivity contribution in [3.63, 3.8) is 0 Å². The number of aliphatic hydroxyl groups is 1. The maximum absolute atomic E-state index is 13.7. The molecule has 1 aliphatic carbocycles. The largest absolute Gasteiger partial charge is 0.469 e. The first-order valence-electron chi connectivity index (χ1n) is 6.18. The number of benzene rings is 1. The average Bonchev–Trinajstić information content (AvgIpc) is 3.17. The van der Waals surface area contributed by atoms with Gasteiger partial charge in [0.25, 0.3) is 0 Å². The number of thioether (sulfide) groups is 1. The molecule has 0 spiro atoms. The summed E-state index contributed by atoms with van der Waals surface area (Å²) < 4.78 is 18.4. The molecule has 0 amide bonds. The minimum atomic E-state index is -0.314. The molecule has 1 N–H and O–H groups in total. The molecule has 0 heterocycles. The van der Waals surface area contributed by atoms with Crippen molar-refractivity contribution >= 4 is 17.7 Å². The fourth-order valence-corrected chi connectivity index (χ4v) is 3.36. The second-order valence-corrected chi connectivity index (χ2v) is 5.91. The summed E-state index contributed by atoms with van der Waals surface area (Å²) in [7, 11) is 1.38. The van der Waals surface area contributed by atoms with Gasteiger partial charge in [0, 0.05) is 10.6 Å². The van der Waals surface area contributed by atoms with Crippen LogP contribution in [-0.2, 0) is 16.1 Å². The molecule has 2 rings (SSSR count). The lowest BCUT2D eigenvalue weighted by Crippen LogP contribution is -2.13. The normalized spacial score (nSPS) is 16.2. The Morgan fingerprint density at radius 1 is 1.53 bits per heavy atom. The highest BCUT2D eigenvalue weighted by Crippen LogP contribution is 2.52. The van der Waals surface area contributed by atoms with Crippen LogP contribution < -0.4 is 0 Å². The third-order valence-electron chi connectivity index (χ3n) is 3.45. The molecule has 19 heavy (non-hydrogen) atoms. The minimum absolute atomic E-state index is 0.0488. The Labute approximate surface area is 116 Å². The number of rotatable bonds is 6. The molecule has 1 aromatic rings. The zero-order valence-corrected chi connectivity index (χ0v) is 11.6. The number of carbonyl (C=O) groups excluding carboxylic acids is 1. The number of halogens is 1. The van der Waals surface area contributed by atoms with Crippen molar-refractivity contribution < 1.29 is 19.0 Å². The van der Waals surface area contributed by atoms with E-state index in [-0.39, 0.29) is 23.8 Å². The molecule has 104 valence electrons. The van der Waals surface area contributed by atoms with Crippen LogP contribution in [0.4, 0.5) is 4.39 Å². The predicted octanol–water partition coefficient (Wildman–Crippen LogP) is 2.75. The van der Waals surface area contributed by atoms with Gasteiger partial charge in [-0.05, 0) is 29.9 Å². The van der Waals surface area contributed by atoms with Gasteiger partial charge in [0.05, 0.1) is 20.1 Å². The van der Waals surface area contributed by atoms with Crippen LogP contribution in [0.2, 0.25) is 0 Å². The molecule has 0 aromatic heterocycles. The van der Waals surface area contributed by atoms with E-state index in [1.54, 1.807) is 12.1 Å². The number of hydrogen-bond donors (Lipinski definition) is 1. The van der Waals surface area contributed by atoms with Crippen LogP contribution in [0.5, 0.6) is 0 Å². The van der Waals surface area contributed by atoms with Crippen molar-refractivity contribution in [1.82, 2.24) is 0 Å². The molecular formula is C14H17FO3S. The standard InChI is InChI=1S/C14H17FO3S/c1-18-12(17)7-14(5-6-14)9-19-13-10(8-16)3-2-4-11(13)15/h2-4,16H,5-9H2,1H3. The molecule has 0 unspecified atom stereocenters. The van der Waals surface area contributed by atoms with E-state index in [0.717, 1.165) is 12.8 Å². The van der Waals surface area contributed by atoms with Crippen LogP contribution in [0.1, 0.15) is 24.8 Å². The number of esters is 1. The summed E-state index contributed by atoms with van der Waals surface area (Å²) in [5.41, 5.74) is 0.547. The molecule has 1 fully saturated rings. The lowest BCUT2D eigenvalue weighted by atomic mass is 10.1. The first-order valence-corrected chi connectivity index (χ1v) is 7.17. The van der Waals surface area contributed by atoms with Crippen LogP contribution in [0.15, 0.2) is 23.1 Å². The molecule has 3 nitrogen and oxygen atoms in total. The van der Waals surface area contributed by atoms with E-state index in [9.17, 15) is 14.3 Å². The van der Waals surface area contributed by atoms with Gasteiger partial charge in [-0.3, -0.25) is 4.79 Å². The maximum atomic E-state index is 13.7. The molecule has 0 bridgehead atoms.